The van der Waals surface area contributed by atoms with Gasteiger partial charge in [0, 0.05) is 5.02 Å². The summed E-state index contributed by atoms with van der Waals surface area (Å²) in [7, 11) is 0. The quantitative estimate of drug-likeness (QED) is 0.303. The fraction of sp³-hybridized carbons (Fsp3) is 0.0455. The summed E-state index contributed by atoms with van der Waals surface area (Å²) in [6.07, 6.45) is -3.71. The molecule has 1 saturated heterocycles. The van der Waals surface area contributed by atoms with Crippen molar-refractivity contribution in [2.75, 3.05) is 4.90 Å². The number of furan rings is 1. The zero-order valence-electron chi connectivity index (χ0n) is 16.4. The first kappa shape index (κ1) is 22.6. The standard InChI is InChI=1S/C22H12ClF3N2O4S/c23-12-5-7-13(8-6-12)28-20(30)16(19(29)27-21(28)33)11-14-9-10-17(31-14)15-3-1-2-4-18(15)32-22(24,25)26/h1-11H,(H,27,29,33). The maximum absolute atomic E-state index is 13.0. The maximum Gasteiger partial charge on any atom is 0.573 e. The van der Waals surface area contributed by atoms with Crippen molar-refractivity contribution in [1.29, 1.82) is 0 Å². The van der Waals surface area contributed by atoms with E-state index in [1.807, 2.05) is 0 Å². The van der Waals surface area contributed by atoms with Gasteiger partial charge in [0.1, 0.15) is 22.8 Å². The number of thiocarbonyl (C=S) groups is 1. The van der Waals surface area contributed by atoms with Crippen LogP contribution >= 0.6 is 23.8 Å². The van der Waals surface area contributed by atoms with Crippen LogP contribution in [0.3, 0.4) is 0 Å². The number of benzene rings is 2. The molecule has 0 aliphatic carbocycles. The fourth-order valence-corrected chi connectivity index (χ4v) is 3.49. The SMILES string of the molecule is O=C1NC(=S)N(c2ccc(Cl)cc2)C(=O)C1=Cc1ccc(-c2ccccc2OC(F)(F)F)o1. The number of carbonyl (C=O) groups excluding carboxylic acids is 2. The van der Waals surface area contributed by atoms with Crippen LogP contribution in [-0.4, -0.2) is 23.3 Å². The number of ether oxygens (including phenoxy) is 1. The Morgan fingerprint density at radius 1 is 1.03 bits per heavy atom. The van der Waals surface area contributed by atoms with Gasteiger partial charge in [0.15, 0.2) is 5.11 Å². The van der Waals surface area contributed by atoms with Crippen LogP contribution < -0.4 is 15.0 Å². The number of alkyl halides is 3. The Morgan fingerprint density at radius 3 is 2.42 bits per heavy atom. The predicted molar refractivity (Wildman–Crippen MR) is 118 cm³/mol. The van der Waals surface area contributed by atoms with Gasteiger partial charge in [-0.3, -0.25) is 19.8 Å². The second-order valence-corrected chi connectivity index (χ2v) is 7.50. The van der Waals surface area contributed by atoms with Crippen molar-refractivity contribution in [2.45, 2.75) is 6.36 Å². The number of halogens is 4. The summed E-state index contributed by atoms with van der Waals surface area (Å²) < 4.78 is 47.7. The number of para-hydroxylation sites is 1. The molecule has 0 atom stereocenters. The largest absolute Gasteiger partial charge is 0.573 e. The molecule has 6 nitrogen and oxygen atoms in total. The fourth-order valence-electron chi connectivity index (χ4n) is 3.08. The summed E-state index contributed by atoms with van der Waals surface area (Å²) in [5.74, 6) is -1.78. The molecule has 1 aliphatic rings. The molecular weight excluding hydrogens is 481 g/mol. The Hall–Kier alpha value is -3.63. The van der Waals surface area contributed by atoms with Gasteiger partial charge in [-0.1, -0.05) is 23.7 Å². The minimum Gasteiger partial charge on any atom is -0.457 e. The highest BCUT2D eigenvalue weighted by Crippen LogP contribution is 2.35. The van der Waals surface area contributed by atoms with Crippen molar-refractivity contribution in [3.63, 3.8) is 0 Å². The molecule has 33 heavy (non-hydrogen) atoms. The molecule has 168 valence electrons. The number of amides is 2. The van der Waals surface area contributed by atoms with Crippen LogP contribution in [0.25, 0.3) is 17.4 Å². The lowest BCUT2D eigenvalue weighted by Gasteiger charge is -2.28. The topological polar surface area (TPSA) is 71.8 Å². The van der Waals surface area contributed by atoms with Gasteiger partial charge in [0.05, 0.1) is 11.3 Å². The minimum atomic E-state index is -4.89. The lowest BCUT2D eigenvalue weighted by atomic mass is 10.1. The molecule has 0 radical (unpaired) electrons. The lowest BCUT2D eigenvalue weighted by molar-refractivity contribution is -0.274. The van der Waals surface area contributed by atoms with E-state index in [9.17, 15) is 22.8 Å². The molecule has 2 amide bonds. The van der Waals surface area contributed by atoms with Crippen molar-refractivity contribution in [2.24, 2.45) is 0 Å². The summed E-state index contributed by atoms with van der Waals surface area (Å²) in [6.45, 7) is 0. The lowest BCUT2D eigenvalue weighted by Crippen LogP contribution is -2.54. The van der Waals surface area contributed by atoms with Gasteiger partial charge < -0.3 is 9.15 Å². The predicted octanol–water partition coefficient (Wildman–Crippen LogP) is 5.33. The highest BCUT2D eigenvalue weighted by molar-refractivity contribution is 7.80. The van der Waals surface area contributed by atoms with Crippen LogP contribution in [0.5, 0.6) is 5.75 Å². The van der Waals surface area contributed by atoms with E-state index in [4.69, 9.17) is 28.2 Å². The third-order valence-electron chi connectivity index (χ3n) is 4.48. The molecule has 0 unspecified atom stereocenters. The van der Waals surface area contributed by atoms with E-state index >= 15 is 0 Å². The normalized spacial score (nSPS) is 15.7. The van der Waals surface area contributed by atoms with E-state index < -0.39 is 23.9 Å². The molecule has 1 aromatic heterocycles. The van der Waals surface area contributed by atoms with Crippen LogP contribution in [0.15, 0.2) is 70.7 Å². The molecule has 3 aromatic rings. The van der Waals surface area contributed by atoms with Gasteiger partial charge in [0.2, 0.25) is 0 Å². The minimum absolute atomic E-state index is 0.0443. The Labute approximate surface area is 195 Å². The molecule has 2 aromatic carbocycles. The first-order valence-corrected chi connectivity index (χ1v) is 10.0. The van der Waals surface area contributed by atoms with Gasteiger partial charge in [0.25, 0.3) is 11.8 Å². The molecule has 1 N–H and O–H groups in total. The molecular formula is C22H12ClF3N2O4S. The molecule has 0 spiro atoms. The Morgan fingerprint density at radius 2 is 1.73 bits per heavy atom. The van der Waals surface area contributed by atoms with Crippen molar-refractivity contribution < 1.29 is 31.9 Å². The Bertz CT molecular complexity index is 1290. The van der Waals surface area contributed by atoms with Gasteiger partial charge in [-0.2, -0.15) is 0 Å². The summed E-state index contributed by atoms with van der Waals surface area (Å²) in [5.41, 5.74) is 0.154. The second kappa shape index (κ2) is 8.72. The van der Waals surface area contributed by atoms with Crippen LogP contribution in [0.1, 0.15) is 5.76 Å². The smallest absolute Gasteiger partial charge is 0.457 e. The van der Waals surface area contributed by atoms with Gasteiger partial charge >= 0.3 is 6.36 Å². The van der Waals surface area contributed by atoms with E-state index in [-0.39, 0.29) is 27.8 Å². The molecule has 0 bridgehead atoms. The van der Waals surface area contributed by atoms with Gasteiger partial charge in [-0.05, 0) is 66.8 Å². The summed E-state index contributed by atoms with van der Waals surface area (Å²) in [5, 5.41) is 2.77. The number of hydrogen-bond acceptors (Lipinski definition) is 5. The van der Waals surface area contributed by atoms with E-state index in [1.165, 1.54) is 36.4 Å². The number of anilines is 1. The van der Waals surface area contributed by atoms with Crippen LogP contribution in [0.2, 0.25) is 5.02 Å². The Kier molecular flexibility index (Phi) is 5.96. The zero-order chi connectivity index (χ0) is 23.8. The van der Waals surface area contributed by atoms with E-state index in [2.05, 4.69) is 10.1 Å². The second-order valence-electron chi connectivity index (χ2n) is 6.68. The number of nitrogens with zero attached hydrogens (tertiary/aromatic N) is 1. The third-order valence-corrected chi connectivity index (χ3v) is 5.01. The van der Waals surface area contributed by atoms with E-state index in [1.54, 1.807) is 24.3 Å². The number of hydrogen-bond donors (Lipinski definition) is 1. The average Bonchev–Trinajstić information content (AvgIpc) is 3.20. The summed E-state index contributed by atoms with van der Waals surface area (Å²) in [4.78, 5) is 26.5. The van der Waals surface area contributed by atoms with E-state index in [0.29, 0.717) is 10.7 Å². The molecule has 1 aliphatic heterocycles. The van der Waals surface area contributed by atoms with Crippen molar-refractivity contribution in [3.05, 3.63) is 77.0 Å². The monoisotopic (exact) mass is 492 g/mol. The first-order valence-electron chi connectivity index (χ1n) is 9.24. The van der Waals surface area contributed by atoms with Crippen LogP contribution in [-0.2, 0) is 9.59 Å². The molecule has 1 fully saturated rings. The van der Waals surface area contributed by atoms with E-state index in [0.717, 1.165) is 11.0 Å². The van der Waals surface area contributed by atoms with Crippen molar-refractivity contribution in [1.82, 2.24) is 5.32 Å². The molecule has 0 saturated carbocycles. The summed E-state index contributed by atoms with van der Waals surface area (Å²) >= 11 is 11.0. The van der Waals surface area contributed by atoms with Crippen LogP contribution in [0, 0.1) is 0 Å². The van der Waals surface area contributed by atoms with Crippen molar-refractivity contribution >= 4 is 52.5 Å². The summed E-state index contributed by atoms with van der Waals surface area (Å²) in [6, 6.07) is 14.5. The third kappa shape index (κ3) is 4.91. The Balaban J connectivity index is 1.66. The van der Waals surface area contributed by atoms with Crippen LogP contribution in [0.4, 0.5) is 18.9 Å². The van der Waals surface area contributed by atoms with Gasteiger partial charge in [-0.15, -0.1) is 13.2 Å². The van der Waals surface area contributed by atoms with Gasteiger partial charge in [-0.25, -0.2) is 0 Å². The first-order chi connectivity index (χ1) is 15.6. The zero-order valence-corrected chi connectivity index (χ0v) is 17.9. The highest BCUT2D eigenvalue weighted by Gasteiger charge is 2.35. The molecule has 11 heteroatoms. The number of rotatable bonds is 4. The highest BCUT2D eigenvalue weighted by atomic mass is 35.5. The average molecular weight is 493 g/mol. The number of carbonyl (C=O) groups is 2. The molecule has 4 rings (SSSR count). The number of nitrogens with one attached hydrogen (secondary N) is 1. The van der Waals surface area contributed by atoms with Crippen molar-refractivity contribution in [3.8, 4) is 17.1 Å². The maximum atomic E-state index is 13.0. The molecule has 2 heterocycles.